The molecule has 0 spiro atoms. The average molecular weight is 230 g/mol. The van der Waals surface area contributed by atoms with Crippen LogP contribution in [0.3, 0.4) is 0 Å². The average Bonchev–Trinajstić information content (AvgIpc) is 2.40. The maximum Gasteiger partial charge on any atom is 0.0328 e. The highest BCUT2D eigenvalue weighted by Gasteiger charge is 2.20. The van der Waals surface area contributed by atoms with Gasteiger partial charge in [0.2, 0.25) is 0 Å². The van der Waals surface area contributed by atoms with E-state index in [4.69, 9.17) is 0 Å². The zero-order valence-corrected chi connectivity index (χ0v) is 10.4. The monoisotopic (exact) mass is 230 g/mol. The minimum absolute atomic E-state index is 0.625. The Kier molecular flexibility index (Phi) is 3.32. The van der Waals surface area contributed by atoms with E-state index in [0.717, 1.165) is 12.5 Å². The van der Waals surface area contributed by atoms with Crippen molar-refractivity contribution < 1.29 is 0 Å². The van der Waals surface area contributed by atoms with Crippen LogP contribution >= 0.6 is 0 Å². The topological polar surface area (TPSA) is 24.1 Å². The van der Waals surface area contributed by atoms with Gasteiger partial charge in [-0.15, -0.1) is 0 Å². The molecule has 1 aliphatic carbocycles. The molecule has 0 saturated carbocycles. The van der Waals surface area contributed by atoms with E-state index in [0.29, 0.717) is 5.92 Å². The summed E-state index contributed by atoms with van der Waals surface area (Å²) in [4.78, 5) is 0. The largest absolute Gasteiger partial charge is 0.384 e. The lowest BCUT2D eigenvalue weighted by Crippen LogP contribution is -2.28. The summed E-state index contributed by atoms with van der Waals surface area (Å²) in [7, 11) is 0. The Morgan fingerprint density at radius 1 is 1.24 bits per heavy atom. The Bertz CT molecular complexity index is 359. The first-order valence-electron chi connectivity index (χ1n) is 6.94. The van der Waals surface area contributed by atoms with Crippen molar-refractivity contribution in [3.63, 3.8) is 0 Å². The van der Waals surface area contributed by atoms with Gasteiger partial charge in [-0.2, -0.15) is 0 Å². The molecule has 1 saturated heterocycles. The van der Waals surface area contributed by atoms with Gasteiger partial charge in [0.15, 0.2) is 0 Å². The van der Waals surface area contributed by atoms with Crippen LogP contribution in [-0.2, 0) is 0 Å². The predicted molar refractivity (Wildman–Crippen MR) is 71.6 cm³/mol. The second kappa shape index (κ2) is 5.09. The number of piperidine rings is 1. The van der Waals surface area contributed by atoms with E-state index in [-0.39, 0.29) is 0 Å². The third-order valence-electron chi connectivity index (χ3n) is 4.15. The van der Waals surface area contributed by atoms with Gasteiger partial charge in [-0.3, -0.25) is 0 Å². The molecule has 0 aromatic rings. The Morgan fingerprint density at radius 2 is 2.12 bits per heavy atom. The van der Waals surface area contributed by atoms with Crippen molar-refractivity contribution in [2.45, 2.75) is 25.7 Å². The predicted octanol–water partition coefficient (Wildman–Crippen LogP) is 2.37. The molecule has 3 rings (SSSR count). The van der Waals surface area contributed by atoms with Gasteiger partial charge in [-0.1, -0.05) is 18.2 Å². The van der Waals surface area contributed by atoms with Gasteiger partial charge in [0, 0.05) is 18.2 Å². The molecule has 0 radical (unpaired) electrons. The van der Waals surface area contributed by atoms with Crippen molar-refractivity contribution in [3.8, 4) is 0 Å². The number of fused-ring (bicyclic) bond motifs is 1. The lowest BCUT2D eigenvalue weighted by Gasteiger charge is -2.28. The first kappa shape index (κ1) is 11.1. The molecule has 0 bridgehead atoms. The van der Waals surface area contributed by atoms with Gasteiger partial charge in [-0.05, 0) is 56.3 Å². The summed E-state index contributed by atoms with van der Waals surface area (Å²) in [5.74, 6) is 1.52. The summed E-state index contributed by atoms with van der Waals surface area (Å²) >= 11 is 0. The van der Waals surface area contributed by atoms with Crippen molar-refractivity contribution >= 4 is 0 Å². The van der Waals surface area contributed by atoms with Crippen molar-refractivity contribution in [2.75, 3.05) is 19.6 Å². The number of hydrogen-bond acceptors (Lipinski definition) is 2. The Labute approximate surface area is 104 Å². The van der Waals surface area contributed by atoms with E-state index >= 15 is 0 Å². The Balaban J connectivity index is 1.63. The van der Waals surface area contributed by atoms with Crippen LogP contribution in [-0.4, -0.2) is 19.6 Å². The summed E-state index contributed by atoms with van der Waals surface area (Å²) in [6.45, 7) is 3.42. The number of rotatable bonds is 2. The van der Waals surface area contributed by atoms with Crippen molar-refractivity contribution in [2.24, 2.45) is 11.8 Å². The van der Waals surface area contributed by atoms with Crippen LogP contribution in [0.25, 0.3) is 0 Å². The zero-order valence-electron chi connectivity index (χ0n) is 10.4. The van der Waals surface area contributed by atoms with Gasteiger partial charge in [0.05, 0.1) is 0 Å². The lowest BCUT2D eigenvalue weighted by molar-refractivity contribution is 0.372. The second-order valence-electron chi connectivity index (χ2n) is 5.43. The van der Waals surface area contributed by atoms with Gasteiger partial charge < -0.3 is 10.6 Å². The molecule has 2 N–H and O–H groups in total. The fourth-order valence-corrected chi connectivity index (χ4v) is 3.11. The minimum atomic E-state index is 0.625. The normalized spacial score (nSPS) is 29.1. The molecule has 0 unspecified atom stereocenters. The van der Waals surface area contributed by atoms with Crippen LogP contribution in [0.1, 0.15) is 25.7 Å². The molecular formula is C15H22N2. The highest BCUT2D eigenvalue weighted by molar-refractivity contribution is 5.33. The van der Waals surface area contributed by atoms with E-state index in [1.165, 1.54) is 44.5 Å². The van der Waals surface area contributed by atoms with Crippen LogP contribution in [0.2, 0.25) is 0 Å². The first-order valence-corrected chi connectivity index (χ1v) is 6.94. The smallest absolute Gasteiger partial charge is 0.0328 e. The second-order valence-corrected chi connectivity index (χ2v) is 5.43. The molecule has 2 aliphatic heterocycles. The van der Waals surface area contributed by atoms with Crippen molar-refractivity contribution in [1.29, 1.82) is 0 Å². The molecule has 2 heterocycles. The lowest BCUT2D eigenvalue weighted by atomic mass is 9.85. The fourth-order valence-electron chi connectivity index (χ4n) is 3.11. The summed E-state index contributed by atoms with van der Waals surface area (Å²) in [5.41, 5.74) is 3.00. The highest BCUT2D eigenvalue weighted by Crippen LogP contribution is 2.30. The summed E-state index contributed by atoms with van der Waals surface area (Å²) < 4.78 is 0. The molecule has 2 heteroatoms. The Morgan fingerprint density at radius 3 is 3.00 bits per heavy atom. The van der Waals surface area contributed by atoms with Gasteiger partial charge in [-0.25, -0.2) is 0 Å². The standard InChI is InChI=1S/C15H22N2/c1-2-14-4-3-13(11-15(14)17-7-1)10-12-5-8-16-9-6-12/h1-3,11-12,14,16-17H,4-10H2/t14-/m1/s1. The van der Waals surface area contributed by atoms with E-state index in [9.17, 15) is 0 Å². The third kappa shape index (κ3) is 2.63. The summed E-state index contributed by atoms with van der Waals surface area (Å²) in [5, 5.41) is 6.95. The Hall–Kier alpha value is -1.02. The zero-order chi connectivity index (χ0) is 11.5. The van der Waals surface area contributed by atoms with Crippen LogP contribution in [0, 0.1) is 11.8 Å². The first-order chi connectivity index (χ1) is 8.42. The van der Waals surface area contributed by atoms with Crippen LogP contribution < -0.4 is 10.6 Å². The van der Waals surface area contributed by atoms with Gasteiger partial charge >= 0.3 is 0 Å². The molecule has 17 heavy (non-hydrogen) atoms. The maximum absolute atomic E-state index is 3.51. The fraction of sp³-hybridized carbons (Fsp3) is 0.600. The molecule has 0 aromatic carbocycles. The molecule has 0 amide bonds. The van der Waals surface area contributed by atoms with Crippen LogP contribution in [0.5, 0.6) is 0 Å². The SMILES string of the molecule is C1=C[C@@H]2CC=C(CC3CCNCC3)C=C2NC1. The summed E-state index contributed by atoms with van der Waals surface area (Å²) in [6, 6.07) is 0. The van der Waals surface area contributed by atoms with Gasteiger partial charge in [0.25, 0.3) is 0 Å². The van der Waals surface area contributed by atoms with Gasteiger partial charge in [0.1, 0.15) is 0 Å². The maximum atomic E-state index is 3.51. The molecule has 1 fully saturated rings. The molecule has 0 aromatic heterocycles. The van der Waals surface area contributed by atoms with Crippen molar-refractivity contribution in [3.05, 3.63) is 35.6 Å². The highest BCUT2D eigenvalue weighted by atomic mass is 14.9. The molecular weight excluding hydrogens is 208 g/mol. The van der Waals surface area contributed by atoms with E-state index in [1.54, 1.807) is 5.57 Å². The quantitative estimate of drug-likeness (QED) is 0.712. The van der Waals surface area contributed by atoms with E-state index in [2.05, 4.69) is 34.9 Å². The molecule has 1 atom stereocenters. The van der Waals surface area contributed by atoms with E-state index in [1.807, 2.05) is 0 Å². The van der Waals surface area contributed by atoms with E-state index < -0.39 is 0 Å². The molecule has 2 nitrogen and oxygen atoms in total. The molecule has 3 aliphatic rings. The van der Waals surface area contributed by atoms with Crippen LogP contribution in [0.4, 0.5) is 0 Å². The molecule has 92 valence electrons. The minimum Gasteiger partial charge on any atom is -0.384 e. The van der Waals surface area contributed by atoms with Crippen molar-refractivity contribution in [1.82, 2.24) is 10.6 Å². The number of allylic oxidation sites excluding steroid dienone is 4. The van der Waals surface area contributed by atoms with Crippen LogP contribution in [0.15, 0.2) is 35.6 Å². The number of nitrogens with one attached hydrogen (secondary N) is 2. The third-order valence-corrected chi connectivity index (χ3v) is 4.15. The number of hydrogen-bond donors (Lipinski definition) is 2. The summed E-state index contributed by atoms with van der Waals surface area (Å²) in [6.07, 6.45) is 14.6.